The summed E-state index contributed by atoms with van der Waals surface area (Å²) in [6.45, 7) is 5.89. The van der Waals surface area contributed by atoms with E-state index < -0.39 is 5.91 Å². The predicted molar refractivity (Wildman–Crippen MR) is 107 cm³/mol. The average molecular weight is 381 g/mol. The second-order valence-electron chi connectivity index (χ2n) is 6.73. The first-order valence-corrected chi connectivity index (χ1v) is 8.89. The van der Waals surface area contributed by atoms with Gasteiger partial charge in [-0.2, -0.15) is 0 Å². The van der Waals surface area contributed by atoms with Crippen molar-refractivity contribution >= 4 is 22.5 Å². The van der Waals surface area contributed by atoms with Crippen molar-refractivity contribution < 1.29 is 19.4 Å². The van der Waals surface area contributed by atoms with E-state index in [1.54, 1.807) is 22.8 Å². The number of azo groups is 1. The summed E-state index contributed by atoms with van der Waals surface area (Å²) in [5, 5.41) is 19.3. The zero-order valence-corrected chi connectivity index (χ0v) is 16.6. The topological polar surface area (TPSA) is 85.4 Å². The maximum absolute atomic E-state index is 12.5. The number of fused-ring (bicyclic) bond motifs is 1. The average Bonchev–Trinajstić information content (AvgIpc) is 2.96. The lowest BCUT2D eigenvalue weighted by Crippen LogP contribution is -1.99. The standard InChI is InChI=1S/C21H23N3O4/c1-12(2)24-16-8-6-13(3)10-15(16)19(21(24)26)22-23-20(25)14-7-9-17(27-4)18(11-14)28-5/h6-12,26H,1-5H3. The molecule has 0 saturated carbocycles. The van der Waals surface area contributed by atoms with Crippen LogP contribution in [-0.4, -0.2) is 29.8 Å². The molecule has 2 aromatic carbocycles. The fourth-order valence-corrected chi connectivity index (χ4v) is 3.14. The molecule has 7 heteroatoms. The number of aromatic hydroxyl groups is 1. The van der Waals surface area contributed by atoms with Crippen molar-refractivity contribution in [3.05, 3.63) is 47.5 Å². The molecular weight excluding hydrogens is 358 g/mol. The number of amides is 1. The van der Waals surface area contributed by atoms with Gasteiger partial charge in [0.05, 0.1) is 19.7 Å². The van der Waals surface area contributed by atoms with Crippen molar-refractivity contribution in [3.63, 3.8) is 0 Å². The molecule has 1 heterocycles. The van der Waals surface area contributed by atoms with Gasteiger partial charge in [-0.15, -0.1) is 10.2 Å². The van der Waals surface area contributed by atoms with Gasteiger partial charge in [-0.25, -0.2) is 0 Å². The Bertz CT molecular complexity index is 1070. The number of nitrogens with zero attached hydrogens (tertiary/aromatic N) is 3. The third-order valence-corrected chi connectivity index (χ3v) is 4.49. The summed E-state index contributed by atoms with van der Waals surface area (Å²) in [6.07, 6.45) is 0. The summed E-state index contributed by atoms with van der Waals surface area (Å²) in [4.78, 5) is 12.5. The van der Waals surface area contributed by atoms with Crippen LogP contribution >= 0.6 is 0 Å². The summed E-state index contributed by atoms with van der Waals surface area (Å²) >= 11 is 0. The molecule has 0 unspecified atom stereocenters. The van der Waals surface area contributed by atoms with Crippen molar-refractivity contribution in [1.82, 2.24) is 4.57 Å². The monoisotopic (exact) mass is 381 g/mol. The molecule has 1 amide bonds. The number of ether oxygens (including phenoxy) is 2. The van der Waals surface area contributed by atoms with Crippen molar-refractivity contribution in [3.8, 4) is 17.4 Å². The Kier molecular flexibility index (Phi) is 5.35. The van der Waals surface area contributed by atoms with Crippen LogP contribution in [0.1, 0.15) is 35.8 Å². The summed E-state index contributed by atoms with van der Waals surface area (Å²) in [5.41, 5.74) is 2.45. The maximum atomic E-state index is 12.5. The molecule has 7 nitrogen and oxygen atoms in total. The Morgan fingerprint density at radius 2 is 1.79 bits per heavy atom. The van der Waals surface area contributed by atoms with Crippen LogP contribution in [0.2, 0.25) is 0 Å². The minimum absolute atomic E-state index is 0.0144. The minimum atomic E-state index is -0.543. The van der Waals surface area contributed by atoms with E-state index in [0.717, 1.165) is 16.5 Å². The molecule has 0 radical (unpaired) electrons. The van der Waals surface area contributed by atoms with Crippen molar-refractivity contribution in [2.24, 2.45) is 10.2 Å². The van der Waals surface area contributed by atoms with E-state index in [-0.39, 0.29) is 17.6 Å². The van der Waals surface area contributed by atoms with E-state index in [4.69, 9.17) is 9.47 Å². The number of benzene rings is 2. The van der Waals surface area contributed by atoms with Crippen molar-refractivity contribution in [1.29, 1.82) is 0 Å². The summed E-state index contributed by atoms with van der Waals surface area (Å²) < 4.78 is 12.2. The van der Waals surface area contributed by atoms with Crippen LogP contribution in [0.15, 0.2) is 46.6 Å². The van der Waals surface area contributed by atoms with Gasteiger partial charge in [-0.3, -0.25) is 4.79 Å². The third-order valence-electron chi connectivity index (χ3n) is 4.49. The molecule has 3 aromatic rings. The summed E-state index contributed by atoms with van der Waals surface area (Å²) in [7, 11) is 3.02. The van der Waals surface area contributed by atoms with Crippen LogP contribution < -0.4 is 9.47 Å². The second-order valence-corrected chi connectivity index (χ2v) is 6.73. The Labute approximate surface area is 163 Å². The number of hydrogen-bond donors (Lipinski definition) is 1. The fraction of sp³-hybridized carbons (Fsp3) is 0.286. The summed E-state index contributed by atoms with van der Waals surface area (Å²) in [6, 6.07) is 10.6. The van der Waals surface area contributed by atoms with Gasteiger partial charge in [-0.05, 0) is 51.1 Å². The molecule has 1 aromatic heterocycles. The van der Waals surface area contributed by atoms with Gasteiger partial charge < -0.3 is 19.1 Å². The van der Waals surface area contributed by atoms with Gasteiger partial charge in [0, 0.05) is 17.0 Å². The van der Waals surface area contributed by atoms with Gasteiger partial charge in [0.25, 0.3) is 5.91 Å². The molecule has 0 bridgehead atoms. The Morgan fingerprint density at radius 3 is 2.43 bits per heavy atom. The minimum Gasteiger partial charge on any atom is -0.493 e. The molecule has 0 aliphatic heterocycles. The Morgan fingerprint density at radius 1 is 1.07 bits per heavy atom. The highest BCUT2D eigenvalue weighted by Gasteiger charge is 2.19. The molecule has 28 heavy (non-hydrogen) atoms. The summed E-state index contributed by atoms with van der Waals surface area (Å²) in [5.74, 6) is 0.389. The van der Waals surface area contributed by atoms with E-state index in [1.165, 1.54) is 14.2 Å². The second kappa shape index (κ2) is 7.72. The van der Waals surface area contributed by atoms with Crippen LogP contribution in [-0.2, 0) is 0 Å². The first-order valence-electron chi connectivity index (χ1n) is 8.89. The van der Waals surface area contributed by atoms with Gasteiger partial charge in [-0.1, -0.05) is 11.6 Å². The quantitative estimate of drug-likeness (QED) is 0.617. The first-order chi connectivity index (χ1) is 13.4. The van der Waals surface area contributed by atoms with Crippen LogP contribution in [0.4, 0.5) is 5.69 Å². The van der Waals surface area contributed by atoms with Gasteiger partial charge in [0.15, 0.2) is 17.2 Å². The molecule has 0 spiro atoms. The Hall–Kier alpha value is -3.35. The number of carbonyl (C=O) groups is 1. The molecule has 3 rings (SSSR count). The molecule has 0 aliphatic carbocycles. The molecule has 0 saturated heterocycles. The van der Waals surface area contributed by atoms with Gasteiger partial charge in [0.2, 0.25) is 5.88 Å². The predicted octanol–water partition coefficient (Wildman–Crippen LogP) is 5.18. The number of methoxy groups -OCH3 is 2. The highest BCUT2D eigenvalue weighted by Crippen LogP contribution is 2.41. The maximum Gasteiger partial charge on any atom is 0.295 e. The van der Waals surface area contributed by atoms with Crippen molar-refractivity contribution in [2.75, 3.05) is 14.2 Å². The fourth-order valence-electron chi connectivity index (χ4n) is 3.14. The van der Waals surface area contributed by atoms with Gasteiger partial charge in [0.1, 0.15) is 0 Å². The van der Waals surface area contributed by atoms with E-state index in [9.17, 15) is 9.90 Å². The smallest absolute Gasteiger partial charge is 0.295 e. The van der Waals surface area contributed by atoms with Crippen LogP contribution in [0.25, 0.3) is 10.9 Å². The highest BCUT2D eigenvalue weighted by molar-refractivity contribution is 5.98. The molecule has 146 valence electrons. The van der Waals surface area contributed by atoms with E-state index in [2.05, 4.69) is 10.2 Å². The lowest BCUT2D eigenvalue weighted by Gasteiger charge is -2.10. The van der Waals surface area contributed by atoms with Crippen LogP contribution in [0, 0.1) is 6.92 Å². The SMILES string of the molecule is COc1ccc(C(=O)N=Nc2c(O)n(C(C)C)c3ccc(C)cc23)cc1OC. The molecular formula is C21H23N3O4. The molecule has 0 aliphatic rings. The van der Waals surface area contributed by atoms with E-state index in [0.29, 0.717) is 17.1 Å². The zero-order chi connectivity index (χ0) is 20.4. The van der Waals surface area contributed by atoms with Gasteiger partial charge >= 0.3 is 0 Å². The number of hydrogen-bond acceptors (Lipinski definition) is 5. The third kappa shape index (κ3) is 3.43. The zero-order valence-electron chi connectivity index (χ0n) is 16.6. The highest BCUT2D eigenvalue weighted by atomic mass is 16.5. The normalized spacial score (nSPS) is 11.5. The van der Waals surface area contributed by atoms with E-state index in [1.807, 2.05) is 39.0 Å². The van der Waals surface area contributed by atoms with E-state index >= 15 is 0 Å². The largest absolute Gasteiger partial charge is 0.493 e. The first kappa shape index (κ1) is 19.4. The number of rotatable bonds is 5. The van der Waals surface area contributed by atoms with Crippen LogP contribution in [0.3, 0.4) is 0 Å². The molecule has 0 fully saturated rings. The van der Waals surface area contributed by atoms with Crippen LogP contribution in [0.5, 0.6) is 17.4 Å². The Balaban J connectivity index is 2.03. The number of aryl methyl sites for hydroxylation is 1. The molecule has 1 N–H and O–H groups in total. The number of aromatic nitrogens is 1. The lowest BCUT2D eigenvalue weighted by molar-refractivity contribution is 0.0994. The number of carbonyl (C=O) groups excluding carboxylic acids is 1. The van der Waals surface area contributed by atoms with Crippen molar-refractivity contribution in [2.45, 2.75) is 26.8 Å². The lowest BCUT2D eigenvalue weighted by atomic mass is 10.1. The molecule has 0 atom stereocenters.